The molecule has 10 heteroatoms. The number of carboxylic acid groups (broad SMARTS) is 1. The van der Waals surface area contributed by atoms with E-state index in [1.165, 1.54) is 12.4 Å². The minimum absolute atomic E-state index is 0.00401. The third kappa shape index (κ3) is 5.20. The number of nitrogens with zero attached hydrogens (tertiary/aromatic N) is 5. The van der Waals surface area contributed by atoms with Gasteiger partial charge in [0.05, 0.1) is 31.1 Å². The minimum atomic E-state index is -1.08. The number of hydrogen-bond donors (Lipinski definition) is 2. The Hall–Kier alpha value is -3.95. The predicted octanol–water partition coefficient (Wildman–Crippen LogP) is 3.15. The zero-order valence-corrected chi connectivity index (χ0v) is 17.6. The Bertz CT molecular complexity index is 1060. The quantitative estimate of drug-likeness (QED) is 0.544. The van der Waals surface area contributed by atoms with E-state index in [0.29, 0.717) is 24.8 Å². The molecular weight excluding hydrogens is 412 g/mol. The third-order valence-electron chi connectivity index (χ3n) is 4.91. The smallest absolute Gasteiger partial charge is 0.338 e. The number of nitrogens with one attached hydrogen (secondary N) is 1. The van der Waals surface area contributed by atoms with Crippen molar-refractivity contribution in [2.24, 2.45) is 0 Å². The fourth-order valence-corrected chi connectivity index (χ4v) is 3.43. The van der Waals surface area contributed by atoms with Gasteiger partial charge in [0, 0.05) is 18.9 Å². The molecule has 0 bridgehead atoms. The van der Waals surface area contributed by atoms with Gasteiger partial charge in [-0.05, 0) is 31.9 Å². The minimum Gasteiger partial charge on any atom is -0.490 e. The van der Waals surface area contributed by atoms with Crippen LogP contribution in [0.2, 0.25) is 0 Å². The van der Waals surface area contributed by atoms with Crippen molar-refractivity contribution in [1.82, 2.24) is 19.9 Å². The number of ether oxygens (including phenoxy) is 2. The molecule has 32 heavy (non-hydrogen) atoms. The number of carboxylic acids is 1. The van der Waals surface area contributed by atoms with Gasteiger partial charge in [0.25, 0.3) is 0 Å². The van der Waals surface area contributed by atoms with E-state index >= 15 is 0 Å². The first-order valence-electron chi connectivity index (χ1n) is 10.4. The van der Waals surface area contributed by atoms with Gasteiger partial charge in [-0.1, -0.05) is 12.1 Å². The molecule has 1 aromatic carbocycles. The van der Waals surface area contributed by atoms with Crippen molar-refractivity contribution in [3.8, 4) is 11.5 Å². The van der Waals surface area contributed by atoms with Crippen molar-refractivity contribution in [1.29, 1.82) is 0 Å². The van der Waals surface area contributed by atoms with Gasteiger partial charge in [-0.3, -0.25) is 4.98 Å². The lowest BCUT2D eigenvalue weighted by molar-refractivity contribution is 0.0696. The molecule has 3 aromatic rings. The summed E-state index contributed by atoms with van der Waals surface area (Å²) in [6, 6.07) is 7.69. The number of hydrogen-bond acceptors (Lipinski definition) is 9. The second-order valence-corrected chi connectivity index (χ2v) is 7.20. The molecular formula is C22H24N6O4. The Kier molecular flexibility index (Phi) is 6.59. The average molecular weight is 436 g/mol. The predicted molar refractivity (Wildman–Crippen MR) is 118 cm³/mol. The Balaban J connectivity index is 1.43. The van der Waals surface area contributed by atoms with Gasteiger partial charge in [0.1, 0.15) is 11.9 Å². The number of aromatic carboxylic acids is 1. The number of benzene rings is 1. The molecule has 0 amide bonds. The van der Waals surface area contributed by atoms with Gasteiger partial charge >= 0.3 is 5.97 Å². The lowest BCUT2D eigenvalue weighted by atomic mass is 10.1. The van der Waals surface area contributed by atoms with Gasteiger partial charge in [0.15, 0.2) is 17.3 Å². The SMILES string of the molecule is CCOc1ccccc1OC1CCCN(c2cncc(Nc3ncc(C(=O)O)cn3)n2)C1. The van der Waals surface area contributed by atoms with Crippen molar-refractivity contribution < 1.29 is 19.4 Å². The average Bonchev–Trinajstić information content (AvgIpc) is 2.81. The molecule has 10 nitrogen and oxygen atoms in total. The Labute approximate surface area is 185 Å². The third-order valence-corrected chi connectivity index (χ3v) is 4.91. The molecule has 3 heterocycles. The van der Waals surface area contributed by atoms with E-state index in [0.717, 1.165) is 30.9 Å². The second kappa shape index (κ2) is 9.90. The van der Waals surface area contributed by atoms with Crippen LogP contribution in [0.3, 0.4) is 0 Å². The fourth-order valence-electron chi connectivity index (χ4n) is 3.43. The van der Waals surface area contributed by atoms with Crippen molar-refractivity contribution in [3.63, 3.8) is 0 Å². The summed E-state index contributed by atoms with van der Waals surface area (Å²) in [6.45, 7) is 4.04. The summed E-state index contributed by atoms with van der Waals surface area (Å²) in [5.74, 6) is 1.83. The molecule has 166 valence electrons. The van der Waals surface area contributed by atoms with Gasteiger partial charge in [-0.2, -0.15) is 0 Å². The largest absolute Gasteiger partial charge is 0.490 e. The van der Waals surface area contributed by atoms with Gasteiger partial charge in [-0.25, -0.2) is 19.7 Å². The van der Waals surface area contributed by atoms with E-state index < -0.39 is 5.97 Å². The van der Waals surface area contributed by atoms with E-state index in [-0.39, 0.29) is 17.6 Å². The van der Waals surface area contributed by atoms with E-state index in [1.54, 1.807) is 12.4 Å². The first-order chi connectivity index (χ1) is 15.6. The fraction of sp³-hybridized carbons (Fsp3) is 0.318. The van der Waals surface area contributed by atoms with E-state index in [2.05, 4.69) is 30.2 Å². The summed E-state index contributed by atoms with van der Waals surface area (Å²) in [5.41, 5.74) is 0.0145. The first kappa shape index (κ1) is 21.3. The van der Waals surface area contributed by atoms with Crippen LogP contribution in [0.15, 0.2) is 49.1 Å². The molecule has 0 spiro atoms. The number of para-hydroxylation sites is 2. The number of anilines is 3. The molecule has 1 unspecified atom stereocenters. The van der Waals surface area contributed by atoms with Crippen LogP contribution in [-0.2, 0) is 0 Å². The normalized spacial score (nSPS) is 15.8. The Morgan fingerprint density at radius 1 is 1.19 bits per heavy atom. The first-order valence-corrected chi connectivity index (χ1v) is 10.4. The van der Waals surface area contributed by atoms with Crippen LogP contribution in [0.5, 0.6) is 11.5 Å². The topological polar surface area (TPSA) is 123 Å². The van der Waals surface area contributed by atoms with Crippen molar-refractivity contribution in [2.75, 3.05) is 29.9 Å². The molecule has 2 N–H and O–H groups in total. The van der Waals surface area contributed by atoms with Crippen LogP contribution in [0.1, 0.15) is 30.1 Å². The van der Waals surface area contributed by atoms with E-state index in [4.69, 9.17) is 14.6 Å². The molecule has 1 aliphatic heterocycles. The zero-order valence-electron chi connectivity index (χ0n) is 17.6. The molecule has 2 aromatic heterocycles. The highest BCUT2D eigenvalue weighted by molar-refractivity contribution is 5.86. The molecule has 0 aliphatic carbocycles. The van der Waals surface area contributed by atoms with Gasteiger partial charge < -0.3 is 24.8 Å². The molecule has 4 rings (SSSR count). The van der Waals surface area contributed by atoms with Crippen LogP contribution in [0, 0.1) is 0 Å². The van der Waals surface area contributed by atoms with Crippen molar-refractivity contribution >= 4 is 23.6 Å². The van der Waals surface area contributed by atoms with Crippen molar-refractivity contribution in [2.45, 2.75) is 25.9 Å². The summed E-state index contributed by atoms with van der Waals surface area (Å²) in [5, 5.41) is 11.9. The molecule has 1 atom stereocenters. The summed E-state index contributed by atoms with van der Waals surface area (Å²) < 4.78 is 11.9. The molecule has 0 saturated carbocycles. The number of carbonyl (C=O) groups is 1. The lowest BCUT2D eigenvalue weighted by Gasteiger charge is -2.33. The van der Waals surface area contributed by atoms with Crippen LogP contribution < -0.4 is 19.7 Å². The van der Waals surface area contributed by atoms with E-state index in [1.807, 2.05) is 31.2 Å². The summed E-state index contributed by atoms with van der Waals surface area (Å²) in [6.07, 6.45) is 7.64. The van der Waals surface area contributed by atoms with Gasteiger partial charge in [0.2, 0.25) is 5.95 Å². The Morgan fingerprint density at radius 3 is 2.72 bits per heavy atom. The molecule has 1 fully saturated rings. The van der Waals surface area contributed by atoms with Crippen LogP contribution in [0.25, 0.3) is 0 Å². The van der Waals surface area contributed by atoms with Gasteiger partial charge in [-0.15, -0.1) is 0 Å². The van der Waals surface area contributed by atoms with Crippen LogP contribution >= 0.6 is 0 Å². The number of aromatic nitrogens is 4. The zero-order chi connectivity index (χ0) is 22.3. The highest BCUT2D eigenvalue weighted by Crippen LogP contribution is 2.30. The Morgan fingerprint density at radius 2 is 1.97 bits per heavy atom. The van der Waals surface area contributed by atoms with Crippen molar-refractivity contribution in [3.05, 3.63) is 54.6 Å². The summed E-state index contributed by atoms with van der Waals surface area (Å²) in [4.78, 5) is 30.0. The summed E-state index contributed by atoms with van der Waals surface area (Å²) in [7, 11) is 0. The summed E-state index contributed by atoms with van der Waals surface area (Å²) >= 11 is 0. The highest BCUT2D eigenvalue weighted by atomic mass is 16.5. The lowest BCUT2D eigenvalue weighted by Crippen LogP contribution is -2.41. The molecule has 1 saturated heterocycles. The standard InChI is InChI=1S/C22H24N6O4/c1-2-31-17-7-3-4-8-18(17)32-16-6-5-9-28(14-16)20-13-23-12-19(26-20)27-22-24-10-15(11-25-22)21(29)30/h3-4,7-8,10-13,16H,2,5-6,9,14H2,1H3,(H,29,30)(H,24,25,26,27). The maximum absolute atomic E-state index is 10.9. The van der Waals surface area contributed by atoms with Crippen LogP contribution in [0.4, 0.5) is 17.6 Å². The monoisotopic (exact) mass is 436 g/mol. The maximum Gasteiger partial charge on any atom is 0.338 e. The molecule has 1 aliphatic rings. The highest BCUT2D eigenvalue weighted by Gasteiger charge is 2.24. The maximum atomic E-state index is 10.9. The molecule has 0 radical (unpaired) electrons. The van der Waals surface area contributed by atoms with E-state index in [9.17, 15) is 4.79 Å². The number of piperidine rings is 1. The second-order valence-electron chi connectivity index (χ2n) is 7.20. The van der Waals surface area contributed by atoms with Crippen LogP contribution in [-0.4, -0.2) is 56.8 Å². The number of rotatable bonds is 8.